The van der Waals surface area contributed by atoms with Crippen LogP contribution in [0.4, 0.5) is 4.79 Å². The van der Waals surface area contributed by atoms with Crippen molar-refractivity contribution in [2.45, 2.75) is 57.3 Å². The van der Waals surface area contributed by atoms with E-state index in [1.807, 2.05) is 12.1 Å². The van der Waals surface area contributed by atoms with Gasteiger partial charge in [0.05, 0.1) is 19.8 Å². The Kier molecular flexibility index (Phi) is 8.27. The second-order valence-electron chi connectivity index (χ2n) is 10.2. The van der Waals surface area contributed by atoms with Crippen LogP contribution in [0.3, 0.4) is 0 Å². The fraction of sp³-hybridized carbons (Fsp3) is 0.464. The second kappa shape index (κ2) is 12.0. The van der Waals surface area contributed by atoms with Gasteiger partial charge in [-0.1, -0.05) is 18.2 Å². The van der Waals surface area contributed by atoms with E-state index in [2.05, 4.69) is 4.98 Å². The maximum absolute atomic E-state index is 13.2. The van der Waals surface area contributed by atoms with Gasteiger partial charge in [0.1, 0.15) is 18.9 Å². The fourth-order valence-electron chi connectivity index (χ4n) is 5.30. The summed E-state index contributed by atoms with van der Waals surface area (Å²) in [5, 5.41) is 19.2. The summed E-state index contributed by atoms with van der Waals surface area (Å²) in [5.41, 5.74) is 2.75. The summed E-state index contributed by atoms with van der Waals surface area (Å²) < 4.78 is 11.2. The number of rotatable bonds is 9. The van der Waals surface area contributed by atoms with Gasteiger partial charge < -0.3 is 29.5 Å². The van der Waals surface area contributed by atoms with Crippen molar-refractivity contribution in [3.05, 3.63) is 58.8 Å². The molecule has 4 heterocycles. The molecular formula is C28H32N4O8. The van der Waals surface area contributed by atoms with Crippen LogP contribution >= 0.6 is 0 Å². The van der Waals surface area contributed by atoms with Gasteiger partial charge in [-0.15, -0.1) is 0 Å². The normalized spacial score (nSPS) is 19.6. The molecule has 2 aromatic rings. The first-order valence-corrected chi connectivity index (χ1v) is 13.4. The van der Waals surface area contributed by atoms with E-state index in [-0.39, 0.29) is 44.5 Å². The molecule has 1 atom stereocenters. The van der Waals surface area contributed by atoms with Gasteiger partial charge in [-0.25, -0.2) is 9.78 Å². The molecule has 2 saturated heterocycles. The van der Waals surface area contributed by atoms with E-state index in [1.54, 1.807) is 24.4 Å². The van der Waals surface area contributed by atoms with E-state index < -0.39 is 30.7 Å². The molecule has 5 rings (SSSR count). The van der Waals surface area contributed by atoms with Crippen LogP contribution in [0.15, 0.2) is 36.5 Å². The molecule has 212 valence electrons. The van der Waals surface area contributed by atoms with Crippen molar-refractivity contribution in [1.82, 2.24) is 19.7 Å². The highest BCUT2D eigenvalue weighted by Crippen LogP contribution is 2.30. The van der Waals surface area contributed by atoms with E-state index in [4.69, 9.17) is 9.47 Å². The summed E-state index contributed by atoms with van der Waals surface area (Å²) in [4.78, 5) is 57.6. The third-order valence-electron chi connectivity index (χ3n) is 7.58. The van der Waals surface area contributed by atoms with Gasteiger partial charge in [-0.05, 0) is 35.6 Å². The SMILES string of the molecule is O=C(O)N(CCc1ccc2c(c1)C(=O)N([C@H]1CCC(=O)N(CO)C1=O)C2)Cc1ccc(OC2CCOCC2)nc1. The van der Waals surface area contributed by atoms with E-state index in [1.165, 1.54) is 9.80 Å². The van der Waals surface area contributed by atoms with Crippen molar-refractivity contribution >= 4 is 23.8 Å². The molecule has 12 nitrogen and oxygen atoms in total. The third kappa shape index (κ3) is 5.92. The Morgan fingerprint density at radius 3 is 2.58 bits per heavy atom. The lowest BCUT2D eigenvalue weighted by molar-refractivity contribution is -0.156. The Balaban J connectivity index is 1.19. The number of benzene rings is 1. The minimum Gasteiger partial charge on any atom is -0.474 e. The Labute approximate surface area is 231 Å². The quantitative estimate of drug-likeness (QED) is 0.444. The highest BCUT2D eigenvalue weighted by atomic mass is 16.5. The highest BCUT2D eigenvalue weighted by molar-refractivity contribution is 6.05. The lowest BCUT2D eigenvalue weighted by Gasteiger charge is -2.34. The number of ether oxygens (including phenoxy) is 2. The first-order chi connectivity index (χ1) is 19.3. The molecule has 0 bridgehead atoms. The van der Waals surface area contributed by atoms with Gasteiger partial charge >= 0.3 is 6.09 Å². The lowest BCUT2D eigenvalue weighted by Crippen LogP contribution is -2.54. The Morgan fingerprint density at radius 1 is 1.10 bits per heavy atom. The standard InChI is InChI=1S/C28H32N4O8/c33-17-32-25(34)6-4-23(27(32)36)31-16-20-3-1-18(13-22(20)26(31)35)7-10-30(28(37)38)15-19-2-5-24(29-14-19)40-21-8-11-39-12-9-21/h1-3,5,13-14,21,23,33H,4,6-12,15-17H2,(H,37,38)/t23-/m0/s1. The number of aromatic nitrogens is 1. The number of hydrogen-bond donors (Lipinski definition) is 2. The number of aliphatic hydroxyl groups is 1. The Morgan fingerprint density at radius 2 is 1.88 bits per heavy atom. The number of amides is 4. The molecule has 40 heavy (non-hydrogen) atoms. The Bertz CT molecular complexity index is 1280. The minimum atomic E-state index is -1.07. The zero-order valence-electron chi connectivity index (χ0n) is 22.0. The summed E-state index contributed by atoms with van der Waals surface area (Å²) >= 11 is 0. The monoisotopic (exact) mass is 552 g/mol. The van der Waals surface area contributed by atoms with Crippen molar-refractivity contribution in [3.63, 3.8) is 0 Å². The minimum absolute atomic E-state index is 0.0662. The van der Waals surface area contributed by atoms with Crippen LogP contribution in [0.25, 0.3) is 0 Å². The van der Waals surface area contributed by atoms with E-state index in [0.29, 0.717) is 31.1 Å². The van der Waals surface area contributed by atoms with Gasteiger partial charge in [0.15, 0.2) is 0 Å². The summed E-state index contributed by atoms with van der Waals surface area (Å²) in [6.07, 6.45) is 2.92. The average Bonchev–Trinajstić information content (AvgIpc) is 3.28. The number of carbonyl (C=O) groups is 4. The van der Waals surface area contributed by atoms with Crippen molar-refractivity contribution in [2.24, 2.45) is 0 Å². The number of pyridine rings is 1. The summed E-state index contributed by atoms with van der Waals surface area (Å²) in [6.45, 7) is 1.22. The second-order valence-corrected chi connectivity index (χ2v) is 10.2. The first-order valence-electron chi connectivity index (χ1n) is 13.4. The Hall–Kier alpha value is -4.03. The fourth-order valence-corrected chi connectivity index (χ4v) is 5.30. The van der Waals surface area contributed by atoms with E-state index in [9.17, 15) is 29.4 Å². The van der Waals surface area contributed by atoms with Gasteiger partial charge in [-0.2, -0.15) is 0 Å². The maximum Gasteiger partial charge on any atom is 0.407 e. The number of aliphatic hydroxyl groups excluding tert-OH is 1. The van der Waals surface area contributed by atoms with Gasteiger partial charge in [0, 0.05) is 50.2 Å². The molecule has 0 saturated carbocycles. The van der Waals surface area contributed by atoms with Crippen molar-refractivity contribution in [3.8, 4) is 5.88 Å². The molecule has 2 N–H and O–H groups in total. The van der Waals surface area contributed by atoms with E-state index >= 15 is 0 Å². The van der Waals surface area contributed by atoms with E-state index in [0.717, 1.165) is 34.4 Å². The van der Waals surface area contributed by atoms with Crippen LogP contribution in [0, 0.1) is 0 Å². The zero-order chi connectivity index (χ0) is 28.2. The largest absolute Gasteiger partial charge is 0.474 e. The van der Waals surface area contributed by atoms with Crippen LogP contribution in [-0.4, -0.2) is 92.3 Å². The summed E-state index contributed by atoms with van der Waals surface area (Å²) in [5.74, 6) is -0.838. The molecule has 0 unspecified atom stereocenters. The predicted molar refractivity (Wildman–Crippen MR) is 139 cm³/mol. The number of likely N-dealkylation sites (tertiary alicyclic amines) is 1. The maximum atomic E-state index is 13.2. The smallest absolute Gasteiger partial charge is 0.407 e. The van der Waals surface area contributed by atoms with Crippen LogP contribution in [0.5, 0.6) is 5.88 Å². The number of nitrogens with zero attached hydrogens (tertiary/aromatic N) is 4. The molecule has 0 spiro atoms. The van der Waals surface area contributed by atoms with Crippen LogP contribution in [0.1, 0.15) is 52.7 Å². The molecular weight excluding hydrogens is 520 g/mol. The number of piperidine rings is 1. The number of hydrogen-bond acceptors (Lipinski definition) is 8. The molecule has 0 radical (unpaired) electrons. The van der Waals surface area contributed by atoms with Crippen molar-refractivity contribution in [2.75, 3.05) is 26.5 Å². The molecule has 2 fully saturated rings. The topological polar surface area (TPSA) is 150 Å². The van der Waals surface area contributed by atoms with Crippen molar-refractivity contribution < 1.29 is 38.9 Å². The van der Waals surface area contributed by atoms with Gasteiger partial charge in [0.25, 0.3) is 11.8 Å². The zero-order valence-corrected chi connectivity index (χ0v) is 22.0. The number of fused-ring (bicyclic) bond motifs is 1. The third-order valence-corrected chi connectivity index (χ3v) is 7.58. The average molecular weight is 553 g/mol. The highest BCUT2D eigenvalue weighted by Gasteiger charge is 2.42. The van der Waals surface area contributed by atoms with Gasteiger partial charge in [0.2, 0.25) is 11.8 Å². The molecule has 0 aliphatic carbocycles. The van der Waals surface area contributed by atoms with Gasteiger partial charge in [-0.3, -0.25) is 19.3 Å². The number of carboxylic acid groups (broad SMARTS) is 1. The molecule has 1 aromatic heterocycles. The molecule has 3 aliphatic heterocycles. The summed E-state index contributed by atoms with van der Waals surface area (Å²) in [6, 6.07) is 8.15. The number of carbonyl (C=O) groups excluding carboxylic acids is 3. The molecule has 4 amide bonds. The van der Waals surface area contributed by atoms with Crippen LogP contribution in [0.2, 0.25) is 0 Å². The lowest BCUT2D eigenvalue weighted by atomic mass is 10.0. The van der Waals surface area contributed by atoms with Crippen molar-refractivity contribution in [1.29, 1.82) is 0 Å². The van der Waals surface area contributed by atoms with Crippen LogP contribution < -0.4 is 4.74 Å². The predicted octanol–water partition coefficient (Wildman–Crippen LogP) is 1.79. The molecule has 3 aliphatic rings. The van der Waals surface area contributed by atoms with Crippen LogP contribution in [-0.2, 0) is 33.8 Å². The molecule has 1 aromatic carbocycles. The first kappa shape index (κ1) is 27.5. The summed E-state index contributed by atoms with van der Waals surface area (Å²) in [7, 11) is 0. The molecule has 12 heteroatoms. The number of imide groups is 1.